The summed E-state index contributed by atoms with van der Waals surface area (Å²) < 4.78 is 0. The van der Waals surface area contributed by atoms with E-state index in [4.69, 9.17) is 5.11 Å². The van der Waals surface area contributed by atoms with E-state index in [1.807, 2.05) is 6.92 Å². The predicted octanol–water partition coefficient (Wildman–Crippen LogP) is 2.57. The number of hydrogen-bond donors (Lipinski definition) is 2. The molecule has 0 bridgehead atoms. The molecule has 1 aliphatic carbocycles. The Kier molecular flexibility index (Phi) is 3.31. The molecule has 17 heavy (non-hydrogen) atoms. The summed E-state index contributed by atoms with van der Waals surface area (Å²) in [6, 6.07) is 0. The third kappa shape index (κ3) is 2.12. The Morgan fingerprint density at radius 2 is 2.06 bits per heavy atom. The van der Waals surface area contributed by atoms with Gasteiger partial charge in [0, 0.05) is 17.7 Å². The van der Waals surface area contributed by atoms with E-state index in [0.29, 0.717) is 18.4 Å². The molecular formula is C13H17NO3. The molecule has 0 spiro atoms. The number of nitrogens with one attached hydrogen (secondary N) is 1. The minimum Gasteiger partial charge on any atom is -0.477 e. The maximum Gasteiger partial charge on any atom is 0.352 e. The molecule has 0 radical (unpaired) electrons. The average Bonchev–Trinajstić information content (AvgIpc) is 2.53. The lowest BCUT2D eigenvalue weighted by Crippen LogP contribution is -2.03. The number of carbonyl (C=O) groups excluding carboxylic acids is 1. The van der Waals surface area contributed by atoms with Gasteiger partial charge in [0.2, 0.25) is 0 Å². The maximum absolute atomic E-state index is 12.0. The molecule has 92 valence electrons. The fourth-order valence-electron chi connectivity index (χ4n) is 2.51. The maximum atomic E-state index is 12.0. The summed E-state index contributed by atoms with van der Waals surface area (Å²) in [5, 5.41) is 9.16. The number of Topliss-reactive ketones (excluding diaryl/α,β-unsaturated/α-hetero) is 1. The SMILES string of the molecule is CCCc1[nH]c(C(=O)O)c2c1C(=O)CCCC2. The number of carboxylic acids is 1. The molecule has 0 amide bonds. The Labute approximate surface area is 100 Å². The van der Waals surface area contributed by atoms with E-state index in [1.54, 1.807) is 0 Å². The standard InChI is InChI=1S/C13H17NO3/c1-2-5-9-11-8(12(14-9)13(16)17)6-3-4-7-10(11)15/h14H,2-7H2,1H3,(H,16,17). The van der Waals surface area contributed by atoms with Crippen molar-refractivity contribution < 1.29 is 14.7 Å². The number of H-pyrrole nitrogens is 1. The fourth-order valence-corrected chi connectivity index (χ4v) is 2.51. The zero-order chi connectivity index (χ0) is 12.4. The van der Waals surface area contributed by atoms with Crippen molar-refractivity contribution in [3.63, 3.8) is 0 Å². The van der Waals surface area contributed by atoms with Gasteiger partial charge >= 0.3 is 5.97 Å². The number of aromatic amines is 1. The highest BCUT2D eigenvalue weighted by Crippen LogP contribution is 2.27. The molecule has 2 N–H and O–H groups in total. The monoisotopic (exact) mass is 235 g/mol. The molecule has 4 nitrogen and oxygen atoms in total. The van der Waals surface area contributed by atoms with Gasteiger partial charge in [-0.05, 0) is 31.2 Å². The van der Waals surface area contributed by atoms with E-state index in [1.165, 1.54) is 0 Å². The number of carbonyl (C=O) groups is 2. The third-order valence-electron chi connectivity index (χ3n) is 3.25. The van der Waals surface area contributed by atoms with Gasteiger partial charge < -0.3 is 10.1 Å². The first-order chi connectivity index (χ1) is 8.15. The topological polar surface area (TPSA) is 70.2 Å². The first kappa shape index (κ1) is 11.9. The van der Waals surface area contributed by atoms with Crippen molar-refractivity contribution in [3.05, 3.63) is 22.5 Å². The largest absolute Gasteiger partial charge is 0.477 e. The molecule has 2 rings (SSSR count). The number of aryl methyl sites for hydroxylation is 1. The van der Waals surface area contributed by atoms with Gasteiger partial charge in [0.15, 0.2) is 5.78 Å². The van der Waals surface area contributed by atoms with E-state index in [0.717, 1.165) is 36.9 Å². The van der Waals surface area contributed by atoms with Crippen molar-refractivity contribution in [2.75, 3.05) is 0 Å². The number of aromatic nitrogens is 1. The first-order valence-corrected chi connectivity index (χ1v) is 6.15. The number of carboxylic acid groups (broad SMARTS) is 1. The van der Waals surface area contributed by atoms with E-state index in [2.05, 4.69) is 4.98 Å². The molecule has 1 aromatic rings. The second-order valence-electron chi connectivity index (χ2n) is 4.52. The summed E-state index contributed by atoms with van der Waals surface area (Å²) >= 11 is 0. The Morgan fingerprint density at radius 1 is 1.35 bits per heavy atom. The van der Waals surface area contributed by atoms with Gasteiger partial charge in [-0.1, -0.05) is 13.3 Å². The van der Waals surface area contributed by atoms with Gasteiger partial charge in [-0.2, -0.15) is 0 Å². The second-order valence-corrected chi connectivity index (χ2v) is 4.52. The highest BCUT2D eigenvalue weighted by atomic mass is 16.4. The normalized spacial score (nSPS) is 15.5. The van der Waals surface area contributed by atoms with Crippen molar-refractivity contribution in [2.24, 2.45) is 0 Å². The lowest BCUT2D eigenvalue weighted by Gasteiger charge is -2.01. The van der Waals surface area contributed by atoms with E-state index >= 15 is 0 Å². The highest BCUT2D eigenvalue weighted by Gasteiger charge is 2.26. The van der Waals surface area contributed by atoms with Crippen LogP contribution < -0.4 is 0 Å². The first-order valence-electron chi connectivity index (χ1n) is 6.15. The van der Waals surface area contributed by atoms with E-state index < -0.39 is 5.97 Å². The summed E-state index contributed by atoms with van der Waals surface area (Å²) in [6.07, 6.45) is 4.63. The molecule has 0 fully saturated rings. The van der Waals surface area contributed by atoms with Crippen LogP contribution in [-0.2, 0) is 12.8 Å². The molecule has 1 aliphatic rings. The Bertz CT molecular complexity index is 459. The van der Waals surface area contributed by atoms with Crippen LogP contribution >= 0.6 is 0 Å². The van der Waals surface area contributed by atoms with Crippen LogP contribution in [0, 0.1) is 0 Å². The molecule has 4 heteroatoms. The van der Waals surface area contributed by atoms with Gasteiger partial charge in [-0.3, -0.25) is 4.79 Å². The number of fused-ring (bicyclic) bond motifs is 1. The molecule has 1 heterocycles. The zero-order valence-corrected chi connectivity index (χ0v) is 10.0. The van der Waals surface area contributed by atoms with Crippen LogP contribution in [-0.4, -0.2) is 21.8 Å². The van der Waals surface area contributed by atoms with Crippen molar-refractivity contribution in [3.8, 4) is 0 Å². The minimum absolute atomic E-state index is 0.102. The van der Waals surface area contributed by atoms with Crippen molar-refractivity contribution in [1.82, 2.24) is 4.98 Å². The molecule has 0 aromatic carbocycles. The quantitative estimate of drug-likeness (QED) is 0.791. The molecule has 0 unspecified atom stereocenters. The summed E-state index contributed by atoms with van der Waals surface area (Å²) in [7, 11) is 0. The predicted molar refractivity (Wildman–Crippen MR) is 63.6 cm³/mol. The van der Waals surface area contributed by atoms with Gasteiger partial charge in [-0.25, -0.2) is 4.79 Å². The summed E-state index contributed by atoms with van der Waals surface area (Å²) in [6.45, 7) is 2.02. The Balaban J connectivity index is 2.55. The Hall–Kier alpha value is -1.58. The molecular weight excluding hydrogens is 218 g/mol. The van der Waals surface area contributed by atoms with Crippen molar-refractivity contribution in [1.29, 1.82) is 0 Å². The van der Waals surface area contributed by atoms with Crippen LogP contribution in [0.1, 0.15) is 64.7 Å². The smallest absolute Gasteiger partial charge is 0.352 e. The van der Waals surface area contributed by atoms with Crippen LogP contribution in [0.25, 0.3) is 0 Å². The lowest BCUT2D eigenvalue weighted by molar-refractivity contribution is 0.0689. The number of ketones is 1. The molecule has 0 atom stereocenters. The molecule has 0 aliphatic heterocycles. The van der Waals surface area contributed by atoms with Gasteiger partial charge in [-0.15, -0.1) is 0 Å². The zero-order valence-electron chi connectivity index (χ0n) is 10.0. The van der Waals surface area contributed by atoms with E-state index in [-0.39, 0.29) is 11.5 Å². The molecule has 0 saturated heterocycles. The van der Waals surface area contributed by atoms with Crippen molar-refractivity contribution >= 4 is 11.8 Å². The van der Waals surface area contributed by atoms with Gasteiger partial charge in [0.05, 0.1) is 0 Å². The lowest BCUT2D eigenvalue weighted by atomic mass is 10.0. The Morgan fingerprint density at radius 3 is 2.71 bits per heavy atom. The minimum atomic E-state index is -0.960. The molecule has 1 aromatic heterocycles. The summed E-state index contributed by atoms with van der Waals surface area (Å²) in [5.41, 5.74) is 2.43. The molecule has 0 saturated carbocycles. The van der Waals surface area contributed by atoms with Crippen LogP contribution in [0.15, 0.2) is 0 Å². The summed E-state index contributed by atoms with van der Waals surface area (Å²) in [4.78, 5) is 26.1. The van der Waals surface area contributed by atoms with Gasteiger partial charge in [0.25, 0.3) is 0 Å². The fraction of sp³-hybridized carbons (Fsp3) is 0.538. The average molecular weight is 235 g/mol. The van der Waals surface area contributed by atoms with Crippen LogP contribution in [0.5, 0.6) is 0 Å². The van der Waals surface area contributed by atoms with Crippen LogP contribution in [0.2, 0.25) is 0 Å². The summed E-state index contributed by atoms with van der Waals surface area (Å²) in [5.74, 6) is -0.858. The highest BCUT2D eigenvalue weighted by molar-refractivity contribution is 6.02. The third-order valence-corrected chi connectivity index (χ3v) is 3.25. The van der Waals surface area contributed by atoms with Crippen LogP contribution in [0.4, 0.5) is 0 Å². The number of rotatable bonds is 3. The van der Waals surface area contributed by atoms with Gasteiger partial charge in [0.1, 0.15) is 5.69 Å². The second kappa shape index (κ2) is 4.73. The van der Waals surface area contributed by atoms with Crippen LogP contribution in [0.3, 0.4) is 0 Å². The van der Waals surface area contributed by atoms with Crippen molar-refractivity contribution in [2.45, 2.75) is 45.4 Å². The van der Waals surface area contributed by atoms with E-state index in [9.17, 15) is 9.59 Å². The number of aromatic carboxylic acids is 1. The number of hydrogen-bond acceptors (Lipinski definition) is 2.